The second kappa shape index (κ2) is 9.59. The molecule has 1 aliphatic heterocycles. The fourth-order valence-corrected chi connectivity index (χ4v) is 3.35. The van der Waals surface area contributed by atoms with Crippen LogP contribution < -0.4 is 15.4 Å². The minimum Gasteiger partial charge on any atom is -0.469 e. The molecule has 1 aliphatic rings. The third kappa shape index (κ3) is 5.01. The summed E-state index contributed by atoms with van der Waals surface area (Å²) in [6.45, 7) is 12.4. The molecule has 1 amide bonds. The summed E-state index contributed by atoms with van der Waals surface area (Å²) in [6.07, 6.45) is 2.78. The van der Waals surface area contributed by atoms with Gasteiger partial charge in [-0.1, -0.05) is 13.2 Å². The molecule has 166 valence electrons. The highest BCUT2D eigenvalue weighted by atomic mass is 19.1. The van der Waals surface area contributed by atoms with Crippen LogP contribution in [0.15, 0.2) is 31.6 Å². The van der Waals surface area contributed by atoms with E-state index in [4.69, 9.17) is 4.74 Å². The van der Waals surface area contributed by atoms with Crippen molar-refractivity contribution in [1.29, 1.82) is 0 Å². The summed E-state index contributed by atoms with van der Waals surface area (Å²) in [5.74, 6) is 0.700. The number of hydrogen-bond donors (Lipinski definition) is 2. The number of halogens is 1. The van der Waals surface area contributed by atoms with Gasteiger partial charge in [-0.3, -0.25) is 9.48 Å². The number of carbonyl (C=O) groups is 1. The molecule has 0 spiro atoms. The summed E-state index contributed by atoms with van der Waals surface area (Å²) in [6, 6.07) is 0. The van der Waals surface area contributed by atoms with Crippen LogP contribution in [0.25, 0.3) is 5.57 Å². The van der Waals surface area contributed by atoms with Crippen LogP contribution in [-0.4, -0.2) is 63.0 Å². The lowest BCUT2D eigenvalue weighted by molar-refractivity contribution is -0.130. The number of ether oxygens (including phenoxy) is 1. The fraction of sp³-hybridized carbons (Fsp3) is 0.429. The van der Waals surface area contributed by atoms with Crippen molar-refractivity contribution < 1.29 is 13.9 Å². The first kappa shape index (κ1) is 22.3. The molecule has 3 heterocycles. The van der Waals surface area contributed by atoms with Crippen molar-refractivity contribution in [2.45, 2.75) is 39.1 Å². The molecule has 2 aromatic heterocycles. The van der Waals surface area contributed by atoms with Crippen LogP contribution in [-0.2, 0) is 11.3 Å². The third-order valence-electron chi connectivity index (χ3n) is 4.98. The van der Waals surface area contributed by atoms with Crippen molar-refractivity contribution in [3.63, 3.8) is 0 Å². The van der Waals surface area contributed by atoms with Crippen molar-refractivity contribution in [3.8, 4) is 5.88 Å². The van der Waals surface area contributed by atoms with E-state index in [9.17, 15) is 9.18 Å². The predicted molar refractivity (Wildman–Crippen MR) is 118 cm³/mol. The lowest BCUT2D eigenvalue weighted by atomic mass is 10.1. The molecule has 9 nitrogen and oxygen atoms in total. The highest BCUT2D eigenvalue weighted by Crippen LogP contribution is 2.33. The normalized spacial score (nSPS) is 18.4. The van der Waals surface area contributed by atoms with Gasteiger partial charge in [0.2, 0.25) is 17.7 Å². The molecule has 0 aromatic carbocycles. The second-order valence-electron chi connectivity index (χ2n) is 7.27. The Labute approximate surface area is 181 Å². The minimum atomic E-state index is -1.24. The van der Waals surface area contributed by atoms with Gasteiger partial charge < -0.3 is 20.3 Å². The van der Waals surface area contributed by atoms with Crippen molar-refractivity contribution in [2.24, 2.45) is 0 Å². The van der Waals surface area contributed by atoms with Crippen LogP contribution in [0.4, 0.5) is 21.8 Å². The SMILES string of the molecule is C=CC(=O)N1CC[C@H](F)[C@H](Oc2nc(Nc3cnn(CC)c3)nc(NC)c2C(=C)C)C1. The molecule has 2 aromatic rings. The molecule has 3 rings (SSSR count). The quantitative estimate of drug-likeness (QED) is 0.623. The average molecular weight is 430 g/mol. The van der Waals surface area contributed by atoms with Gasteiger partial charge >= 0.3 is 0 Å². The molecule has 2 atom stereocenters. The highest BCUT2D eigenvalue weighted by molar-refractivity contribution is 5.87. The molecule has 10 heteroatoms. The number of amides is 1. The number of nitrogens with one attached hydrogen (secondary N) is 2. The number of rotatable bonds is 8. The molecule has 0 saturated carbocycles. The Hall–Kier alpha value is -3.43. The van der Waals surface area contributed by atoms with Crippen LogP contribution >= 0.6 is 0 Å². The first-order chi connectivity index (χ1) is 14.9. The number of nitrogens with zero attached hydrogens (tertiary/aromatic N) is 5. The second-order valence-corrected chi connectivity index (χ2v) is 7.27. The largest absolute Gasteiger partial charge is 0.469 e. The van der Waals surface area contributed by atoms with Crippen LogP contribution in [0, 0.1) is 0 Å². The Morgan fingerprint density at radius 2 is 2.23 bits per heavy atom. The van der Waals surface area contributed by atoms with E-state index >= 15 is 0 Å². The van der Waals surface area contributed by atoms with E-state index in [0.717, 1.165) is 6.54 Å². The first-order valence-corrected chi connectivity index (χ1v) is 10.1. The molecule has 1 fully saturated rings. The Kier molecular flexibility index (Phi) is 6.88. The van der Waals surface area contributed by atoms with Gasteiger partial charge in [0, 0.05) is 26.3 Å². The van der Waals surface area contributed by atoms with Gasteiger partial charge in [0.15, 0.2) is 0 Å². The topological polar surface area (TPSA) is 97.2 Å². The van der Waals surface area contributed by atoms with E-state index in [2.05, 4.69) is 38.9 Å². The van der Waals surface area contributed by atoms with Crippen LogP contribution in [0.2, 0.25) is 0 Å². The number of likely N-dealkylation sites (tertiary alicyclic amines) is 1. The van der Waals surface area contributed by atoms with E-state index in [-0.39, 0.29) is 30.7 Å². The maximum atomic E-state index is 14.7. The van der Waals surface area contributed by atoms with E-state index in [1.54, 1.807) is 24.9 Å². The predicted octanol–water partition coefficient (Wildman–Crippen LogP) is 3.02. The van der Waals surface area contributed by atoms with E-state index in [1.165, 1.54) is 11.0 Å². The summed E-state index contributed by atoms with van der Waals surface area (Å²) in [4.78, 5) is 22.5. The van der Waals surface area contributed by atoms with Gasteiger partial charge in [-0.2, -0.15) is 15.1 Å². The zero-order valence-corrected chi connectivity index (χ0v) is 18.1. The van der Waals surface area contributed by atoms with Crippen LogP contribution in [0.1, 0.15) is 25.8 Å². The fourth-order valence-electron chi connectivity index (χ4n) is 3.35. The monoisotopic (exact) mass is 429 g/mol. The maximum absolute atomic E-state index is 14.7. The number of anilines is 3. The molecule has 2 N–H and O–H groups in total. The van der Waals surface area contributed by atoms with E-state index in [1.807, 2.05) is 13.1 Å². The van der Waals surface area contributed by atoms with Crippen molar-refractivity contribution in [2.75, 3.05) is 30.8 Å². The van der Waals surface area contributed by atoms with Gasteiger partial charge in [0.05, 0.1) is 24.0 Å². The van der Waals surface area contributed by atoms with Crippen molar-refractivity contribution in [3.05, 3.63) is 37.2 Å². The number of allylic oxidation sites excluding steroid dienone is 1. The molecular formula is C21H28FN7O2. The molecule has 31 heavy (non-hydrogen) atoms. The Morgan fingerprint density at radius 3 is 2.84 bits per heavy atom. The van der Waals surface area contributed by atoms with Gasteiger partial charge in [0.1, 0.15) is 18.1 Å². The Bertz CT molecular complexity index is 975. The lowest BCUT2D eigenvalue weighted by Crippen LogP contribution is -2.49. The van der Waals surface area contributed by atoms with Gasteiger partial charge in [0.25, 0.3) is 0 Å². The summed E-state index contributed by atoms with van der Waals surface area (Å²) in [5, 5.41) is 10.3. The van der Waals surface area contributed by atoms with E-state index < -0.39 is 12.3 Å². The molecule has 0 bridgehead atoms. The van der Waals surface area contributed by atoms with Crippen molar-refractivity contribution >= 4 is 28.9 Å². The highest BCUT2D eigenvalue weighted by Gasteiger charge is 2.34. The number of aromatic nitrogens is 4. The van der Waals surface area contributed by atoms with Gasteiger partial charge in [-0.15, -0.1) is 0 Å². The molecule has 1 saturated heterocycles. The maximum Gasteiger partial charge on any atom is 0.246 e. The Morgan fingerprint density at radius 1 is 1.45 bits per heavy atom. The molecular weight excluding hydrogens is 401 g/mol. The summed E-state index contributed by atoms with van der Waals surface area (Å²) >= 11 is 0. The number of hydrogen-bond acceptors (Lipinski definition) is 7. The molecule has 0 radical (unpaired) electrons. The Balaban J connectivity index is 1.93. The molecule has 0 aliphatic carbocycles. The number of aryl methyl sites for hydroxylation is 1. The summed E-state index contributed by atoms with van der Waals surface area (Å²) in [7, 11) is 1.72. The number of carbonyl (C=O) groups excluding carboxylic acids is 1. The number of alkyl halides is 1. The smallest absolute Gasteiger partial charge is 0.246 e. The summed E-state index contributed by atoms with van der Waals surface area (Å²) < 4.78 is 22.5. The lowest BCUT2D eigenvalue weighted by Gasteiger charge is -2.34. The zero-order chi connectivity index (χ0) is 22.5. The van der Waals surface area contributed by atoms with E-state index in [0.29, 0.717) is 29.2 Å². The third-order valence-corrected chi connectivity index (χ3v) is 4.98. The van der Waals surface area contributed by atoms with Gasteiger partial charge in [-0.05, 0) is 31.9 Å². The van der Waals surface area contributed by atoms with Crippen LogP contribution in [0.5, 0.6) is 5.88 Å². The standard InChI is InChI=1S/C21H28FN7O2/c1-6-17(30)28-9-8-15(22)16(12-28)31-20-18(13(3)4)19(23-5)26-21(27-20)25-14-10-24-29(7-2)11-14/h6,10-11,15-16H,1,3,7-9,12H2,2,4-5H3,(H2,23,25,26,27)/t15-,16+/m0/s1. The van der Waals surface area contributed by atoms with Crippen LogP contribution in [0.3, 0.4) is 0 Å². The average Bonchev–Trinajstić information content (AvgIpc) is 3.21. The van der Waals surface area contributed by atoms with Crippen molar-refractivity contribution in [1.82, 2.24) is 24.6 Å². The summed E-state index contributed by atoms with van der Waals surface area (Å²) in [5.41, 5.74) is 1.92. The number of piperidine rings is 1. The molecule has 0 unspecified atom stereocenters. The minimum absolute atomic E-state index is 0.104. The zero-order valence-electron chi connectivity index (χ0n) is 18.1. The van der Waals surface area contributed by atoms with Gasteiger partial charge in [-0.25, -0.2) is 4.39 Å². The first-order valence-electron chi connectivity index (χ1n) is 10.1.